The zero-order chi connectivity index (χ0) is 14.9. The molecule has 2 aliphatic rings. The lowest BCUT2D eigenvalue weighted by atomic mass is 9.73. The predicted octanol–water partition coefficient (Wildman–Crippen LogP) is 4.31. The third-order valence-corrected chi connectivity index (χ3v) is 5.84. The zero-order valence-corrected chi connectivity index (χ0v) is 13.9. The van der Waals surface area contributed by atoms with E-state index in [0.29, 0.717) is 17.4 Å². The van der Waals surface area contributed by atoms with Crippen LogP contribution in [0.2, 0.25) is 0 Å². The van der Waals surface area contributed by atoms with Crippen molar-refractivity contribution in [3.8, 4) is 0 Å². The first-order chi connectivity index (χ1) is 10.1. The number of hydrogen-bond donors (Lipinski definition) is 1. The Morgan fingerprint density at radius 3 is 2.95 bits per heavy atom. The number of hydrogen-bond acceptors (Lipinski definition) is 2. The second-order valence-corrected chi connectivity index (χ2v) is 7.66. The van der Waals surface area contributed by atoms with E-state index in [1.54, 1.807) is 0 Å². The molecular weight excluding hydrogens is 256 g/mol. The van der Waals surface area contributed by atoms with Gasteiger partial charge in [-0.25, -0.2) is 0 Å². The van der Waals surface area contributed by atoms with Crippen molar-refractivity contribution in [3.63, 3.8) is 0 Å². The Morgan fingerprint density at radius 2 is 2.24 bits per heavy atom. The maximum atomic E-state index is 4.75. The predicted molar refractivity (Wildman–Crippen MR) is 88.5 cm³/mol. The van der Waals surface area contributed by atoms with Crippen LogP contribution < -0.4 is 5.32 Å². The third-order valence-electron chi connectivity index (χ3n) is 5.84. The number of nitrogens with one attached hydrogen (secondary N) is 1. The molecule has 1 saturated carbocycles. The fraction of sp³-hybridized carbons (Fsp3) is 0.737. The van der Waals surface area contributed by atoms with Crippen LogP contribution in [0.25, 0.3) is 0 Å². The molecule has 0 aliphatic heterocycles. The van der Waals surface area contributed by atoms with Gasteiger partial charge in [-0.1, -0.05) is 33.3 Å². The Morgan fingerprint density at radius 1 is 1.38 bits per heavy atom. The van der Waals surface area contributed by atoms with Crippen molar-refractivity contribution in [2.24, 2.45) is 11.3 Å². The van der Waals surface area contributed by atoms with Gasteiger partial charge < -0.3 is 5.32 Å². The number of aryl methyl sites for hydroxylation is 1. The minimum atomic E-state index is 0.475. The fourth-order valence-electron chi connectivity index (χ4n) is 4.69. The van der Waals surface area contributed by atoms with E-state index >= 15 is 0 Å². The van der Waals surface area contributed by atoms with Gasteiger partial charge in [-0.05, 0) is 61.6 Å². The minimum absolute atomic E-state index is 0.475. The van der Waals surface area contributed by atoms with Gasteiger partial charge in [0.1, 0.15) is 0 Å². The molecule has 0 bridgehead atoms. The summed E-state index contributed by atoms with van der Waals surface area (Å²) in [6, 6.07) is 4.98. The van der Waals surface area contributed by atoms with Gasteiger partial charge in [0.25, 0.3) is 0 Å². The summed E-state index contributed by atoms with van der Waals surface area (Å²) in [7, 11) is 0. The Balaban J connectivity index is 1.86. The average molecular weight is 286 g/mol. The van der Waals surface area contributed by atoms with Gasteiger partial charge in [0, 0.05) is 23.9 Å². The zero-order valence-electron chi connectivity index (χ0n) is 13.9. The Kier molecular flexibility index (Phi) is 4.35. The summed E-state index contributed by atoms with van der Waals surface area (Å²) in [5, 5.41) is 3.91. The van der Waals surface area contributed by atoms with Gasteiger partial charge in [0.15, 0.2) is 0 Å². The molecule has 21 heavy (non-hydrogen) atoms. The maximum Gasteiger partial charge on any atom is 0.0482 e. The van der Waals surface area contributed by atoms with Crippen LogP contribution in [-0.4, -0.2) is 17.6 Å². The van der Waals surface area contributed by atoms with E-state index in [-0.39, 0.29) is 0 Å². The molecule has 1 N–H and O–H groups in total. The van der Waals surface area contributed by atoms with Crippen LogP contribution >= 0.6 is 0 Å². The standard InChI is InChI=1S/C19H30N2/c1-4-12-20-18(16-8-5-11-19(16,2)3)15-10-9-14-7-6-13-21-17(14)15/h6-7,13,15-16,18,20H,4-5,8-12H2,1-3H3. The molecule has 2 nitrogen and oxygen atoms in total. The molecule has 3 rings (SSSR count). The third kappa shape index (κ3) is 2.88. The summed E-state index contributed by atoms with van der Waals surface area (Å²) in [5.74, 6) is 1.41. The van der Waals surface area contributed by atoms with Crippen molar-refractivity contribution >= 4 is 0 Å². The van der Waals surface area contributed by atoms with E-state index in [2.05, 4.69) is 38.2 Å². The lowest BCUT2D eigenvalue weighted by Gasteiger charge is -2.38. The van der Waals surface area contributed by atoms with Gasteiger partial charge >= 0.3 is 0 Å². The highest BCUT2D eigenvalue weighted by molar-refractivity contribution is 5.30. The number of pyridine rings is 1. The molecule has 0 amide bonds. The second-order valence-electron chi connectivity index (χ2n) is 7.66. The van der Waals surface area contributed by atoms with Gasteiger partial charge in [-0.3, -0.25) is 4.98 Å². The quantitative estimate of drug-likeness (QED) is 0.872. The summed E-state index contributed by atoms with van der Waals surface area (Å²) < 4.78 is 0. The highest BCUT2D eigenvalue weighted by atomic mass is 14.9. The molecule has 116 valence electrons. The van der Waals surface area contributed by atoms with Crippen molar-refractivity contribution in [1.82, 2.24) is 10.3 Å². The first-order valence-electron chi connectivity index (χ1n) is 8.80. The van der Waals surface area contributed by atoms with Crippen LogP contribution in [0, 0.1) is 11.3 Å². The molecule has 1 heterocycles. The minimum Gasteiger partial charge on any atom is -0.313 e. The van der Waals surface area contributed by atoms with Crippen molar-refractivity contribution in [3.05, 3.63) is 29.6 Å². The van der Waals surface area contributed by atoms with Gasteiger partial charge in [-0.2, -0.15) is 0 Å². The van der Waals surface area contributed by atoms with E-state index in [1.165, 1.54) is 49.8 Å². The van der Waals surface area contributed by atoms with E-state index in [0.717, 1.165) is 12.5 Å². The van der Waals surface area contributed by atoms with Crippen LogP contribution in [-0.2, 0) is 6.42 Å². The smallest absolute Gasteiger partial charge is 0.0482 e. The molecule has 0 radical (unpaired) electrons. The average Bonchev–Trinajstić information content (AvgIpc) is 3.04. The SMILES string of the molecule is CCCNC(C1CCc2cccnc21)C1CCCC1(C)C. The Hall–Kier alpha value is -0.890. The second kappa shape index (κ2) is 6.08. The normalized spacial score (nSPS) is 28.5. The van der Waals surface area contributed by atoms with Gasteiger partial charge in [0.2, 0.25) is 0 Å². The number of fused-ring (bicyclic) bond motifs is 1. The van der Waals surface area contributed by atoms with Crippen LogP contribution in [0.15, 0.2) is 18.3 Å². The molecule has 2 aliphatic carbocycles. The largest absolute Gasteiger partial charge is 0.313 e. The van der Waals surface area contributed by atoms with E-state index in [4.69, 9.17) is 4.98 Å². The number of aromatic nitrogens is 1. The molecule has 3 atom stereocenters. The highest BCUT2D eigenvalue weighted by Gasteiger charge is 2.44. The molecule has 3 unspecified atom stereocenters. The van der Waals surface area contributed by atoms with Gasteiger partial charge in [0.05, 0.1) is 0 Å². The van der Waals surface area contributed by atoms with Crippen molar-refractivity contribution in [2.75, 3.05) is 6.54 Å². The topological polar surface area (TPSA) is 24.9 Å². The van der Waals surface area contributed by atoms with E-state index in [9.17, 15) is 0 Å². The van der Waals surface area contributed by atoms with Crippen LogP contribution in [0.5, 0.6) is 0 Å². The molecular formula is C19H30N2. The summed E-state index contributed by atoms with van der Waals surface area (Å²) in [4.78, 5) is 4.75. The monoisotopic (exact) mass is 286 g/mol. The number of nitrogens with zero attached hydrogens (tertiary/aromatic N) is 1. The number of rotatable bonds is 5. The first kappa shape index (κ1) is 15.0. The first-order valence-corrected chi connectivity index (χ1v) is 8.80. The molecule has 2 heteroatoms. The van der Waals surface area contributed by atoms with E-state index < -0.39 is 0 Å². The summed E-state index contributed by atoms with van der Waals surface area (Å²) in [6.07, 6.45) is 9.84. The van der Waals surface area contributed by atoms with Crippen molar-refractivity contribution < 1.29 is 0 Å². The van der Waals surface area contributed by atoms with Gasteiger partial charge in [-0.15, -0.1) is 0 Å². The molecule has 1 aromatic heterocycles. The molecule has 1 aromatic rings. The lowest BCUT2D eigenvalue weighted by Crippen LogP contribution is -2.45. The van der Waals surface area contributed by atoms with Crippen molar-refractivity contribution in [2.45, 2.75) is 71.3 Å². The molecule has 0 spiro atoms. The van der Waals surface area contributed by atoms with Crippen LogP contribution in [0.4, 0.5) is 0 Å². The van der Waals surface area contributed by atoms with E-state index in [1.807, 2.05) is 6.20 Å². The van der Waals surface area contributed by atoms with Crippen LogP contribution in [0.3, 0.4) is 0 Å². The maximum absolute atomic E-state index is 4.75. The highest BCUT2D eigenvalue weighted by Crippen LogP contribution is 2.49. The summed E-state index contributed by atoms with van der Waals surface area (Å²) >= 11 is 0. The van der Waals surface area contributed by atoms with Crippen molar-refractivity contribution in [1.29, 1.82) is 0 Å². The molecule has 0 aromatic carbocycles. The van der Waals surface area contributed by atoms with Crippen LogP contribution in [0.1, 0.15) is 70.1 Å². The summed E-state index contributed by atoms with van der Waals surface area (Å²) in [6.45, 7) is 8.35. The fourth-order valence-corrected chi connectivity index (χ4v) is 4.69. The Labute approximate surface area is 129 Å². The molecule has 0 saturated heterocycles. The Bertz CT molecular complexity index is 480. The molecule has 1 fully saturated rings. The summed E-state index contributed by atoms with van der Waals surface area (Å²) in [5.41, 5.74) is 3.35. The lowest BCUT2D eigenvalue weighted by molar-refractivity contribution is 0.175.